The number of carboxylic acids is 1. The van der Waals surface area contributed by atoms with Crippen LogP contribution in [-0.2, 0) is 9.59 Å². The molecule has 0 aromatic heterocycles. The summed E-state index contributed by atoms with van der Waals surface area (Å²) in [6.45, 7) is 5.63. The van der Waals surface area contributed by atoms with Gasteiger partial charge < -0.3 is 14.7 Å². The molecule has 0 atom stereocenters. The summed E-state index contributed by atoms with van der Waals surface area (Å²) in [6, 6.07) is 4.85. The van der Waals surface area contributed by atoms with Gasteiger partial charge in [-0.05, 0) is 32.0 Å². The van der Waals surface area contributed by atoms with Crippen LogP contribution in [0.4, 0.5) is 5.69 Å². The van der Waals surface area contributed by atoms with E-state index in [9.17, 15) is 14.4 Å². The normalized spacial score (nSPS) is 15.7. The molecule has 6 heteroatoms. The van der Waals surface area contributed by atoms with Gasteiger partial charge in [-0.1, -0.05) is 0 Å². The number of hydrogen-bond donors (Lipinski definition) is 1. The molecular formula is C16H19NO5. The summed E-state index contributed by atoms with van der Waals surface area (Å²) in [7, 11) is 0. The maximum atomic E-state index is 12.0. The molecule has 6 nitrogen and oxygen atoms in total. The van der Waals surface area contributed by atoms with Crippen LogP contribution in [0, 0.1) is 0 Å². The molecule has 0 saturated heterocycles. The van der Waals surface area contributed by atoms with Gasteiger partial charge in [0.05, 0.1) is 18.7 Å². The number of fused-ring (bicyclic) bond motifs is 1. The van der Waals surface area contributed by atoms with Crippen LogP contribution in [0.2, 0.25) is 0 Å². The van der Waals surface area contributed by atoms with E-state index >= 15 is 0 Å². The number of carbonyl (C=O) groups excluding carboxylic acids is 2. The Morgan fingerprint density at radius 1 is 1.27 bits per heavy atom. The largest absolute Gasteiger partial charge is 0.484 e. The molecule has 1 aliphatic heterocycles. The molecule has 1 heterocycles. The number of nitrogens with zero attached hydrogens (tertiary/aromatic N) is 1. The molecule has 2 rings (SSSR count). The lowest BCUT2D eigenvalue weighted by molar-refractivity contribution is -0.137. The summed E-state index contributed by atoms with van der Waals surface area (Å²) in [5.41, 5.74) is 0.426. The van der Waals surface area contributed by atoms with E-state index in [1.807, 2.05) is 13.8 Å². The molecule has 0 radical (unpaired) electrons. The second kappa shape index (κ2) is 5.79. The quantitative estimate of drug-likeness (QED) is 0.863. The van der Waals surface area contributed by atoms with Crippen LogP contribution in [0.15, 0.2) is 18.2 Å². The van der Waals surface area contributed by atoms with Crippen LogP contribution < -0.4 is 9.64 Å². The van der Waals surface area contributed by atoms with Crippen LogP contribution in [0.25, 0.3) is 0 Å². The van der Waals surface area contributed by atoms with Crippen LogP contribution >= 0.6 is 0 Å². The van der Waals surface area contributed by atoms with Gasteiger partial charge in [0.15, 0.2) is 5.78 Å². The van der Waals surface area contributed by atoms with Gasteiger partial charge in [0, 0.05) is 18.9 Å². The molecule has 0 saturated carbocycles. The highest BCUT2D eigenvalue weighted by atomic mass is 16.5. The summed E-state index contributed by atoms with van der Waals surface area (Å²) >= 11 is 0. The van der Waals surface area contributed by atoms with E-state index < -0.39 is 11.6 Å². The second-order valence-electron chi connectivity index (χ2n) is 5.97. The van der Waals surface area contributed by atoms with Gasteiger partial charge in [-0.25, -0.2) is 0 Å². The molecule has 1 N–H and O–H groups in total. The first-order valence-corrected chi connectivity index (χ1v) is 7.06. The smallest absolute Gasteiger partial charge is 0.303 e. The van der Waals surface area contributed by atoms with E-state index in [1.54, 1.807) is 23.1 Å². The summed E-state index contributed by atoms with van der Waals surface area (Å²) < 4.78 is 5.83. The van der Waals surface area contributed by atoms with Crippen molar-refractivity contribution in [1.29, 1.82) is 0 Å². The van der Waals surface area contributed by atoms with Gasteiger partial charge in [0.2, 0.25) is 5.91 Å². The van der Waals surface area contributed by atoms with E-state index in [2.05, 4.69) is 0 Å². The number of aliphatic carboxylic acids is 1. The third-order valence-electron chi connectivity index (χ3n) is 3.44. The van der Waals surface area contributed by atoms with Crippen molar-refractivity contribution in [3.05, 3.63) is 23.8 Å². The number of carboxylic acid groups (broad SMARTS) is 1. The standard InChI is InChI=1S/C16H19NO5/c1-10(18)17-9-16(2,3)22-14-6-4-11(8-12(14)17)13(19)5-7-15(20)21/h4,6,8H,5,7,9H2,1-3H3,(H,20,21). The van der Waals surface area contributed by atoms with Gasteiger partial charge in [-0.2, -0.15) is 0 Å². The molecule has 22 heavy (non-hydrogen) atoms. The van der Waals surface area contributed by atoms with Crippen LogP contribution in [0.5, 0.6) is 5.75 Å². The number of amides is 1. The Kier molecular flexibility index (Phi) is 4.21. The fourth-order valence-electron chi connectivity index (χ4n) is 2.43. The third-order valence-corrected chi connectivity index (χ3v) is 3.44. The van der Waals surface area contributed by atoms with Crippen LogP contribution in [0.3, 0.4) is 0 Å². The van der Waals surface area contributed by atoms with E-state index in [4.69, 9.17) is 9.84 Å². The van der Waals surface area contributed by atoms with Gasteiger partial charge in [0.1, 0.15) is 11.4 Å². The average molecular weight is 305 g/mol. The lowest BCUT2D eigenvalue weighted by Crippen LogP contribution is -2.48. The lowest BCUT2D eigenvalue weighted by Gasteiger charge is -2.39. The van der Waals surface area contributed by atoms with E-state index in [1.165, 1.54) is 6.92 Å². The van der Waals surface area contributed by atoms with Crippen molar-refractivity contribution >= 4 is 23.3 Å². The Morgan fingerprint density at radius 2 is 1.95 bits per heavy atom. The fraction of sp³-hybridized carbons (Fsp3) is 0.438. The lowest BCUT2D eigenvalue weighted by atomic mass is 10.0. The number of ketones is 1. The summed E-state index contributed by atoms with van der Waals surface area (Å²) in [5.74, 6) is -0.866. The first-order valence-electron chi connectivity index (χ1n) is 7.06. The van der Waals surface area contributed by atoms with Crippen molar-refractivity contribution in [1.82, 2.24) is 0 Å². The van der Waals surface area contributed by atoms with Gasteiger partial charge >= 0.3 is 5.97 Å². The van der Waals surface area contributed by atoms with E-state index in [-0.39, 0.29) is 24.5 Å². The highest BCUT2D eigenvalue weighted by molar-refractivity contribution is 6.01. The Morgan fingerprint density at radius 3 is 2.55 bits per heavy atom. The summed E-state index contributed by atoms with van der Waals surface area (Å²) in [6.07, 6.45) is -0.281. The molecule has 1 aliphatic rings. The highest BCUT2D eigenvalue weighted by Crippen LogP contribution is 2.37. The minimum absolute atomic E-state index is 0.0689. The Hall–Kier alpha value is -2.37. The monoisotopic (exact) mass is 305 g/mol. The molecule has 118 valence electrons. The third kappa shape index (κ3) is 3.44. The molecular weight excluding hydrogens is 286 g/mol. The van der Waals surface area contributed by atoms with Gasteiger partial charge in [-0.15, -0.1) is 0 Å². The molecule has 1 amide bonds. The van der Waals surface area contributed by atoms with Crippen molar-refractivity contribution in [3.8, 4) is 5.75 Å². The zero-order valence-corrected chi connectivity index (χ0v) is 12.9. The Balaban J connectivity index is 2.33. The topological polar surface area (TPSA) is 83.9 Å². The molecule has 0 bridgehead atoms. The number of anilines is 1. The van der Waals surface area contributed by atoms with Crippen molar-refractivity contribution in [2.75, 3.05) is 11.4 Å². The van der Waals surface area contributed by atoms with E-state index in [0.717, 1.165) is 0 Å². The Bertz CT molecular complexity index is 635. The fourth-order valence-corrected chi connectivity index (χ4v) is 2.43. The number of Topliss-reactive ketones (excluding diaryl/α,β-unsaturated/α-hetero) is 1. The SMILES string of the molecule is CC(=O)N1CC(C)(C)Oc2ccc(C(=O)CCC(=O)O)cc21. The van der Waals surface area contributed by atoms with Crippen molar-refractivity contribution < 1.29 is 24.2 Å². The maximum Gasteiger partial charge on any atom is 0.303 e. The zero-order valence-electron chi connectivity index (χ0n) is 12.9. The minimum atomic E-state index is -1.01. The van der Waals surface area contributed by atoms with Crippen LogP contribution in [0.1, 0.15) is 44.0 Å². The Labute approximate surface area is 128 Å². The number of benzene rings is 1. The minimum Gasteiger partial charge on any atom is -0.484 e. The number of rotatable bonds is 4. The molecule has 0 spiro atoms. The van der Waals surface area contributed by atoms with Crippen molar-refractivity contribution in [3.63, 3.8) is 0 Å². The highest BCUT2D eigenvalue weighted by Gasteiger charge is 2.34. The van der Waals surface area contributed by atoms with Gasteiger partial charge in [-0.3, -0.25) is 14.4 Å². The number of hydrogen-bond acceptors (Lipinski definition) is 4. The predicted molar refractivity (Wildman–Crippen MR) is 80.4 cm³/mol. The first-order chi connectivity index (χ1) is 10.2. The van der Waals surface area contributed by atoms with Crippen molar-refractivity contribution in [2.45, 2.75) is 39.2 Å². The summed E-state index contributed by atoms with van der Waals surface area (Å²) in [4.78, 5) is 36.0. The average Bonchev–Trinajstić information content (AvgIpc) is 2.42. The predicted octanol–water partition coefficient (Wildman–Crippen LogP) is 2.26. The number of ether oxygens (including phenoxy) is 1. The van der Waals surface area contributed by atoms with Gasteiger partial charge in [0.25, 0.3) is 0 Å². The maximum absolute atomic E-state index is 12.0. The molecule has 1 aromatic rings. The molecule has 0 unspecified atom stereocenters. The van der Waals surface area contributed by atoms with E-state index in [0.29, 0.717) is 23.5 Å². The zero-order chi connectivity index (χ0) is 16.5. The van der Waals surface area contributed by atoms with Crippen LogP contribution in [-0.4, -0.2) is 34.9 Å². The first kappa shape index (κ1) is 16.0. The summed E-state index contributed by atoms with van der Waals surface area (Å²) in [5, 5.41) is 8.65. The molecule has 0 fully saturated rings. The van der Waals surface area contributed by atoms with Crippen molar-refractivity contribution in [2.24, 2.45) is 0 Å². The second-order valence-corrected chi connectivity index (χ2v) is 5.97. The number of carbonyl (C=O) groups is 3. The molecule has 0 aliphatic carbocycles. The molecule has 1 aromatic carbocycles.